The molecule has 10 atom stereocenters. The van der Waals surface area contributed by atoms with Crippen LogP contribution in [0.5, 0.6) is 5.75 Å². The first-order valence-electron chi connectivity index (χ1n) is 22.5. The number of phosphoric ester groups is 3. The molecule has 0 saturated carbocycles. The Hall–Kier alpha value is -5.35. The van der Waals surface area contributed by atoms with Crippen LogP contribution in [0.15, 0.2) is 79.6 Å². The van der Waals surface area contributed by atoms with Crippen molar-refractivity contribution in [1.82, 2.24) is 29.8 Å². The molecule has 31 heteroatoms. The lowest BCUT2D eigenvalue weighted by Crippen LogP contribution is -2.46. The molecular formula is C42H52N9O19P3+2. The van der Waals surface area contributed by atoms with Crippen LogP contribution in [0.1, 0.15) is 49.5 Å². The van der Waals surface area contributed by atoms with Gasteiger partial charge in [-0.3, -0.25) is 27.7 Å². The van der Waals surface area contributed by atoms with Crippen LogP contribution in [-0.2, 0) is 52.4 Å². The first-order chi connectivity index (χ1) is 34.7. The highest BCUT2D eigenvalue weighted by Gasteiger charge is 2.52. The second-order valence-corrected chi connectivity index (χ2v) is 20.8. The van der Waals surface area contributed by atoms with Crippen molar-refractivity contribution >= 4 is 74.2 Å². The quantitative estimate of drug-likeness (QED) is 0.0142. The summed E-state index contributed by atoms with van der Waals surface area (Å²) in [6.07, 6.45) is -7.68. The van der Waals surface area contributed by atoms with E-state index in [4.69, 9.17) is 32.8 Å². The van der Waals surface area contributed by atoms with Gasteiger partial charge in [0.1, 0.15) is 48.9 Å². The molecule has 6 heterocycles. The fourth-order valence-corrected chi connectivity index (χ4v) is 10.9. The molecule has 2 aliphatic rings. The number of nitrogens with zero attached hydrogens (tertiary/aromatic N) is 7. The Kier molecular flexibility index (Phi) is 16.7. The van der Waals surface area contributed by atoms with Crippen molar-refractivity contribution in [2.75, 3.05) is 38.2 Å². The highest BCUT2D eigenvalue weighted by atomic mass is 31.3. The fourth-order valence-electron chi connectivity index (χ4n) is 8.23. The molecule has 2 saturated heterocycles. The number of aliphatic hydroxyl groups excluding tert-OH is 3. The summed E-state index contributed by atoms with van der Waals surface area (Å²) in [5.74, 6) is 0.251. The number of phosphoric acid groups is 3. The molecule has 2 fully saturated rings. The van der Waals surface area contributed by atoms with Crippen molar-refractivity contribution in [2.24, 2.45) is 0 Å². The number of pyridine rings is 1. The van der Waals surface area contributed by atoms with Crippen molar-refractivity contribution < 1.29 is 99.4 Å². The van der Waals surface area contributed by atoms with E-state index in [0.717, 1.165) is 45.8 Å². The lowest BCUT2D eigenvalue weighted by molar-refractivity contribution is -0.765. The van der Waals surface area contributed by atoms with E-state index >= 15 is 0 Å². The molecular weight excluding hydrogens is 1030 g/mol. The third-order valence-electron chi connectivity index (χ3n) is 11.6. The second-order valence-electron chi connectivity index (χ2n) is 16.6. The van der Waals surface area contributed by atoms with Gasteiger partial charge in [-0.2, -0.15) is 13.4 Å². The first kappa shape index (κ1) is 53.9. The first-order valence-corrected chi connectivity index (χ1v) is 27.0. The number of Topliss-reactive ketones (excluding diaryl/α,β-unsaturated/α-hetero) is 1. The number of nitrogens with one attached hydrogen (secondary N) is 2. The van der Waals surface area contributed by atoms with Crippen molar-refractivity contribution in [1.29, 1.82) is 0 Å². The lowest BCUT2D eigenvalue weighted by atomic mass is 10.1. The number of hydrogen-bond acceptors (Lipinski definition) is 20. The zero-order valence-corrected chi connectivity index (χ0v) is 41.5. The Morgan fingerprint density at radius 2 is 1.56 bits per heavy atom. The van der Waals surface area contributed by atoms with E-state index < -0.39 is 85.8 Å². The van der Waals surface area contributed by atoms with Gasteiger partial charge < -0.3 is 59.7 Å². The van der Waals surface area contributed by atoms with Crippen LogP contribution >= 0.6 is 23.5 Å². The third-order valence-corrected chi connectivity index (χ3v) is 14.7. The number of ether oxygens (including phenoxy) is 3. The van der Waals surface area contributed by atoms with E-state index in [1.165, 1.54) is 36.0 Å². The van der Waals surface area contributed by atoms with Crippen molar-refractivity contribution in [3.63, 3.8) is 0 Å². The van der Waals surface area contributed by atoms with Gasteiger partial charge in [0.15, 0.2) is 58.8 Å². The number of hydrogen-bond donors (Lipinski definition) is 9. The van der Waals surface area contributed by atoms with E-state index in [1.807, 2.05) is 42.5 Å². The predicted molar refractivity (Wildman–Crippen MR) is 249 cm³/mol. The van der Waals surface area contributed by atoms with Gasteiger partial charge in [-0.15, -0.1) is 0 Å². The monoisotopic (exact) mass is 1080 g/mol. The summed E-state index contributed by atoms with van der Waals surface area (Å²) in [6, 6.07) is 16.6. The van der Waals surface area contributed by atoms with Gasteiger partial charge in [0.25, 0.3) is 6.23 Å². The minimum Gasteiger partial charge on any atom is -0.491 e. The van der Waals surface area contributed by atoms with Crippen LogP contribution in [0.2, 0.25) is 0 Å². The molecule has 1 amide bonds. The molecule has 10 unspecified atom stereocenters. The minimum atomic E-state index is -5.59. The molecule has 0 aliphatic carbocycles. The molecule has 6 aromatic rings. The van der Waals surface area contributed by atoms with Gasteiger partial charge in [0, 0.05) is 37.7 Å². The summed E-state index contributed by atoms with van der Waals surface area (Å²) >= 11 is 0. The number of aliphatic hydroxyl groups is 3. The van der Waals surface area contributed by atoms with Gasteiger partial charge in [0.2, 0.25) is 16.9 Å². The Labute approximate surface area is 413 Å². The number of ketones is 1. The van der Waals surface area contributed by atoms with E-state index in [0.29, 0.717) is 12.2 Å². The molecule has 0 radical (unpaired) electrons. The van der Waals surface area contributed by atoms with Crippen molar-refractivity contribution in [3.8, 4) is 5.75 Å². The number of imidazole rings is 1. The molecule has 0 bridgehead atoms. The highest BCUT2D eigenvalue weighted by molar-refractivity contribution is 7.61. The topological polar surface area (TPSA) is 380 Å². The Morgan fingerprint density at radius 3 is 2.29 bits per heavy atom. The van der Waals surface area contributed by atoms with Crippen LogP contribution in [0.4, 0.5) is 5.82 Å². The molecule has 2 aromatic carbocycles. The fraction of sp³-hybridized carbons (Fsp3) is 0.429. The summed E-state index contributed by atoms with van der Waals surface area (Å²) < 4.78 is 78.5. The van der Waals surface area contributed by atoms with Crippen LogP contribution in [0.25, 0.3) is 33.2 Å². The van der Waals surface area contributed by atoms with E-state index in [1.54, 1.807) is 0 Å². The molecule has 4 aromatic heterocycles. The number of carbonyl (C=O) groups is 2. The number of fused-ring (bicyclic) bond motifs is 3. The second kappa shape index (κ2) is 22.6. The molecule has 8 rings (SSSR count). The minimum absolute atomic E-state index is 0.00612. The average Bonchev–Trinajstić information content (AvgIpc) is 4.00. The Balaban J connectivity index is 0.824. The molecule has 28 nitrogen and oxygen atoms in total. The van der Waals surface area contributed by atoms with Gasteiger partial charge in [0.05, 0.1) is 31.7 Å². The van der Waals surface area contributed by atoms with Crippen LogP contribution in [-0.4, -0.2) is 141 Å². The largest absolute Gasteiger partial charge is 0.491 e. The van der Waals surface area contributed by atoms with Crippen molar-refractivity contribution in [3.05, 3.63) is 85.2 Å². The van der Waals surface area contributed by atoms with E-state index in [9.17, 15) is 58.2 Å². The predicted octanol–water partition coefficient (Wildman–Crippen LogP) is 1.02. The molecule has 2 aliphatic heterocycles. The van der Waals surface area contributed by atoms with E-state index in [-0.39, 0.29) is 60.4 Å². The average molecular weight is 1080 g/mol. The standard InChI is InChI=1S/C42H50N9O19P3/c1-3-50-27-11-5-4-10-26(27)48-33-28(50)12-6-13-29(33)64-18-8-14-32(53)43-15-16-44-39-34-40(46-22-45-39)51(23-47-34)42-38(69-71(57,58)59)36(55)31(68-42)21-66-73(62,63)70-72(60,61)65-20-30-35(54)37(56)41(67-30)49-17-7-9-25(19-49)24(2)52/h4-7,9-13,17,19,22-23,30-31,35-38,41-42,54-56H,3,8,14-16,18,20-21H2,1-2H3,(H4-2,43,44,45,46,53,57,58,59,60,61,62,63)/p+2. The van der Waals surface area contributed by atoms with Gasteiger partial charge >= 0.3 is 23.5 Å². The third kappa shape index (κ3) is 12.8. The summed E-state index contributed by atoms with van der Waals surface area (Å²) in [4.78, 5) is 82.1. The lowest BCUT2D eigenvalue weighted by Gasteiger charge is -2.22. The van der Waals surface area contributed by atoms with Crippen LogP contribution in [0.3, 0.4) is 0 Å². The molecule has 392 valence electrons. The molecule has 0 spiro atoms. The number of aryl methyl sites for hydroxylation is 1. The normalized spacial score (nSPS) is 23.9. The van der Waals surface area contributed by atoms with Crippen molar-refractivity contribution in [2.45, 2.75) is 82.3 Å². The van der Waals surface area contributed by atoms with Gasteiger partial charge in [-0.05, 0) is 38.5 Å². The summed E-state index contributed by atoms with van der Waals surface area (Å²) in [5, 5.41) is 38.1. The number of carbonyl (C=O) groups excluding carboxylic acids is 2. The smallest absolute Gasteiger partial charge is 0.481 e. The summed E-state index contributed by atoms with van der Waals surface area (Å²) in [5.41, 5.74) is 3.87. The van der Waals surface area contributed by atoms with Crippen LogP contribution in [0, 0.1) is 0 Å². The highest BCUT2D eigenvalue weighted by Crippen LogP contribution is 2.61. The number of benzene rings is 2. The van der Waals surface area contributed by atoms with E-state index in [2.05, 4.69) is 41.4 Å². The number of anilines is 1. The number of amides is 1. The maximum Gasteiger partial charge on any atom is 0.481 e. The number of para-hydroxylation sites is 3. The maximum atomic E-state index is 12.9. The Bertz CT molecular complexity index is 3130. The SMILES string of the molecule is CC[n+]1c2ccccc2nc2c(OCCCC(=O)NCCNc3ncnc4c3ncn4C3OC(COP(=O)(O)OP(=O)(O)OCC4OC([n+]5cccc(C(C)=O)c5)C(O)C4O)C(O)C3OP(=O)(O)O)cccc21. The van der Waals surface area contributed by atoms with Crippen LogP contribution < -0.4 is 24.5 Å². The summed E-state index contributed by atoms with van der Waals surface area (Å²) in [7, 11) is -16.5. The Morgan fingerprint density at radius 1 is 0.836 bits per heavy atom. The zero-order valence-electron chi connectivity index (χ0n) is 38.8. The number of rotatable bonds is 23. The zero-order chi connectivity index (χ0) is 52.2. The molecule has 73 heavy (non-hydrogen) atoms. The van der Waals surface area contributed by atoms with Gasteiger partial charge in [-0.1, -0.05) is 18.2 Å². The summed E-state index contributed by atoms with van der Waals surface area (Å²) in [6.45, 7) is 2.65. The van der Waals surface area contributed by atoms with Gasteiger partial charge in [-0.25, -0.2) is 33.6 Å². The number of aromatic nitrogens is 7. The molecule has 9 N–H and O–H groups in total. The maximum absolute atomic E-state index is 12.9.